The monoisotopic (exact) mass is 151 g/mol. The van der Waals surface area contributed by atoms with Crippen LogP contribution in [0.4, 0.5) is 0 Å². The zero-order valence-corrected chi connectivity index (χ0v) is 6.53. The molecule has 56 valence electrons. The van der Waals surface area contributed by atoms with Crippen LogP contribution in [0.2, 0.25) is 0 Å². The number of ether oxygens (including phenoxy) is 1. The molecule has 0 spiro atoms. The molecule has 0 saturated carbocycles. The lowest BCUT2D eigenvalue weighted by Crippen LogP contribution is -1.93. The zero-order chi connectivity index (χ0) is 7.11. The van der Waals surface area contributed by atoms with Gasteiger partial charge < -0.3 is 10.5 Å². The van der Waals surface area contributed by atoms with Gasteiger partial charge in [0.25, 0.3) is 0 Å². The molecule has 0 radical (unpaired) electrons. The van der Waals surface area contributed by atoms with E-state index in [1.165, 1.54) is 0 Å². The second-order valence-corrected chi connectivity index (χ2v) is 2.21. The van der Waals surface area contributed by atoms with Crippen LogP contribution in [0.1, 0.15) is 13.3 Å². The number of alkyl halides is 1. The molecule has 0 bridgehead atoms. The van der Waals surface area contributed by atoms with Gasteiger partial charge in [-0.15, -0.1) is 11.6 Å². The fraction of sp³-hybridized carbons (Fsp3) is 1.00. The summed E-state index contributed by atoms with van der Waals surface area (Å²) in [6.07, 6.45) is 1.50. The van der Waals surface area contributed by atoms with Crippen LogP contribution < -0.4 is 5.73 Å². The third kappa shape index (κ3) is 8.21. The van der Waals surface area contributed by atoms with Gasteiger partial charge in [0, 0.05) is 0 Å². The van der Waals surface area contributed by atoms with E-state index in [2.05, 4.69) is 6.92 Å². The molecule has 1 atom stereocenters. The average Bonchev–Trinajstić information content (AvgIpc) is 2.70. The number of rotatable bonds is 2. The summed E-state index contributed by atoms with van der Waals surface area (Å²) in [5, 5.41) is 0. The highest BCUT2D eigenvalue weighted by Crippen LogP contribution is 2.08. The highest BCUT2D eigenvalue weighted by atomic mass is 35.5. The fourth-order valence-electron chi connectivity index (χ4n) is 0.157. The van der Waals surface area contributed by atoms with Crippen LogP contribution in [0, 0.1) is 0 Å². The fourth-order valence-corrected chi connectivity index (χ4v) is 0.335. The van der Waals surface area contributed by atoms with Gasteiger partial charge in [-0.3, -0.25) is 0 Å². The van der Waals surface area contributed by atoms with E-state index in [4.69, 9.17) is 22.1 Å². The predicted molar refractivity (Wildman–Crippen MR) is 39.8 cm³/mol. The molecule has 1 fully saturated rings. The van der Waals surface area contributed by atoms with E-state index in [1.807, 2.05) is 0 Å². The molecule has 1 rings (SSSR count). The summed E-state index contributed by atoms with van der Waals surface area (Å²) < 4.78 is 4.73. The number of hydrogen-bond donors (Lipinski definition) is 1. The van der Waals surface area contributed by atoms with Crippen LogP contribution in [0.5, 0.6) is 0 Å². The minimum atomic E-state index is 0.400. The predicted octanol–water partition coefficient (Wildman–Crippen LogP) is 0.979. The number of hydrogen-bond acceptors (Lipinski definition) is 2. The minimum absolute atomic E-state index is 0.400. The Morgan fingerprint density at radius 1 is 1.78 bits per heavy atom. The van der Waals surface area contributed by atoms with Gasteiger partial charge in [-0.2, -0.15) is 0 Å². The van der Waals surface area contributed by atoms with Crippen molar-refractivity contribution in [2.24, 2.45) is 5.73 Å². The van der Waals surface area contributed by atoms with E-state index in [0.29, 0.717) is 12.0 Å². The van der Waals surface area contributed by atoms with Crippen molar-refractivity contribution in [3.05, 3.63) is 0 Å². The Balaban J connectivity index is 0.000000148. The normalized spacial score (nSPS) is 22.3. The minimum Gasteiger partial charge on any atom is -0.372 e. The summed E-state index contributed by atoms with van der Waals surface area (Å²) in [6, 6.07) is 0. The van der Waals surface area contributed by atoms with E-state index in [1.54, 1.807) is 0 Å². The van der Waals surface area contributed by atoms with Crippen LogP contribution in [0.3, 0.4) is 0 Å². The van der Waals surface area contributed by atoms with Gasteiger partial charge in [-0.05, 0) is 13.0 Å². The molecular weight excluding hydrogens is 138 g/mol. The highest BCUT2D eigenvalue weighted by Gasteiger charge is 2.19. The Labute approximate surface area is 61.3 Å². The summed E-state index contributed by atoms with van der Waals surface area (Å²) >= 11 is 5.27. The maximum absolute atomic E-state index is 5.27. The van der Waals surface area contributed by atoms with E-state index >= 15 is 0 Å². The Bertz CT molecular complexity index is 55.0. The molecule has 1 unspecified atom stereocenters. The second kappa shape index (κ2) is 6.33. The van der Waals surface area contributed by atoms with Crippen molar-refractivity contribution in [1.29, 1.82) is 0 Å². The van der Waals surface area contributed by atoms with Crippen LogP contribution in [-0.4, -0.2) is 25.1 Å². The number of halogens is 1. The Kier molecular flexibility index (Phi) is 6.48. The Morgan fingerprint density at radius 3 is 2.22 bits per heavy atom. The summed E-state index contributed by atoms with van der Waals surface area (Å²) in [4.78, 5) is 0. The van der Waals surface area contributed by atoms with Crippen molar-refractivity contribution in [1.82, 2.24) is 0 Å². The molecule has 0 aromatic rings. The first-order valence-corrected chi connectivity index (χ1v) is 3.76. The van der Waals surface area contributed by atoms with Gasteiger partial charge in [0.15, 0.2) is 0 Å². The van der Waals surface area contributed by atoms with Gasteiger partial charge in [-0.25, -0.2) is 0 Å². The SMILES string of the molecule is CCCN.ClCC1CO1. The number of epoxide rings is 1. The Hall–Kier alpha value is 0.210. The Morgan fingerprint density at radius 2 is 2.22 bits per heavy atom. The third-order valence-electron chi connectivity index (χ3n) is 0.863. The summed E-state index contributed by atoms with van der Waals surface area (Å²) in [5.74, 6) is 0.667. The lowest BCUT2D eigenvalue weighted by molar-refractivity contribution is 0.425. The van der Waals surface area contributed by atoms with E-state index < -0.39 is 0 Å². The first-order valence-electron chi connectivity index (χ1n) is 3.22. The molecule has 0 aromatic carbocycles. The van der Waals surface area contributed by atoms with Crippen molar-refractivity contribution in [3.8, 4) is 0 Å². The molecule has 0 aromatic heterocycles. The van der Waals surface area contributed by atoms with Crippen molar-refractivity contribution in [3.63, 3.8) is 0 Å². The molecule has 2 nitrogen and oxygen atoms in total. The lowest BCUT2D eigenvalue weighted by Gasteiger charge is -1.70. The molecule has 3 heteroatoms. The topological polar surface area (TPSA) is 38.5 Å². The lowest BCUT2D eigenvalue weighted by atomic mass is 10.5. The molecule has 0 aliphatic carbocycles. The summed E-state index contributed by atoms with van der Waals surface area (Å²) in [5.41, 5.74) is 5.03. The van der Waals surface area contributed by atoms with Gasteiger partial charge in [0.1, 0.15) is 0 Å². The highest BCUT2D eigenvalue weighted by molar-refractivity contribution is 6.18. The molecule has 1 aliphatic rings. The second-order valence-electron chi connectivity index (χ2n) is 1.90. The first-order chi connectivity index (χ1) is 4.35. The molecule has 1 saturated heterocycles. The van der Waals surface area contributed by atoms with E-state index in [-0.39, 0.29) is 0 Å². The maximum atomic E-state index is 5.27. The first kappa shape index (κ1) is 9.21. The van der Waals surface area contributed by atoms with Crippen molar-refractivity contribution < 1.29 is 4.74 Å². The molecular formula is C6H14ClNO. The van der Waals surface area contributed by atoms with E-state index in [0.717, 1.165) is 19.6 Å². The largest absolute Gasteiger partial charge is 0.372 e. The van der Waals surface area contributed by atoms with Crippen LogP contribution >= 0.6 is 11.6 Å². The van der Waals surface area contributed by atoms with Crippen LogP contribution in [-0.2, 0) is 4.74 Å². The molecule has 0 amide bonds. The van der Waals surface area contributed by atoms with Crippen LogP contribution in [0.15, 0.2) is 0 Å². The van der Waals surface area contributed by atoms with Crippen LogP contribution in [0.25, 0.3) is 0 Å². The maximum Gasteiger partial charge on any atom is 0.0944 e. The smallest absolute Gasteiger partial charge is 0.0944 e. The molecule has 9 heavy (non-hydrogen) atoms. The molecule has 2 N–H and O–H groups in total. The van der Waals surface area contributed by atoms with Gasteiger partial charge in [0.05, 0.1) is 18.6 Å². The third-order valence-corrected chi connectivity index (χ3v) is 1.21. The van der Waals surface area contributed by atoms with Crippen molar-refractivity contribution >= 4 is 11.6 Å². The van der Waals surface area contributed by atoms with Gasteiger partial charge in [0.2, 0.25) is 0 Å². The molecule has 1 aliphatic heterocycles. The molecule has 1 heterocycles. The summed E-state index contributed by atoms with van der Waals surface area (Å²) in [6.45, 7) is 3.75. The quantitative estimate of drug-likeness (QED) is 0.472. The summed E-state index contributed by atoms with van der Waals surface area (Å²) in [7, 11) is 0. The van der Waals surface area contributed by atoms with Gasteiger partial charge in [-0.1, -0.05) is 6.92 Å². The van der Waals surface area contributed by atoms with Crippen molar-refractivity contribution in [2.75, 3.05) is 19.0 Å². The number of nitrogens with two attached hydrogens (primary N) is 1. The van der Waals surface area contributed by atoms with Crippen molar-refractivity contribution in [2.45, 2.75) is 19.4 Å². The average molecular weight is 152 g/mol. The zero-order valence-electron chi connectivity index (χ0n) is 5.77. The van der Waals surface area contributed by atoms with E-state index in [9.17, 15) is 0 Å². The standard InChI is InChI=1S/C3H5ClO.C3H9N/c4-1-3-2-5-3;1-2-3-4/h3H,1-2H2;2-4H2,1H3. The van der Waals surface area contributed by atoms with Gasteiger partial charge >= 0.3 is 0 Å².